The van der Waals surface area contributed by atoms with Crippen molar-refractivity contribution < 1.29 is 5.11 Å². The van der Waals surface area contributed by atoms with E-state index in [9.17, 15) is 9.90 Å². The largest absolute Gasteiger partial charge is 0.493 e. The van der Waals surface area contributed by atoms with Gasteiger partial charge in [0, 0.05) is 0 Å². The van der Waals surface area contributed by atoms with E-state index in [0.717, 1.165) is 18.6 Å². The van der Waals surface area contributed by atoms with Crippen LogP contribution in [-0.4, -0.2) is 20.8 Å². The molecule has 0 spiro atoms. The van der Waals surface area contributed by atoms with E-state index in [4.69, 9.17) is 0 Å². The van der Waals surface area contributed by atoms with E-state index in [2.05, 4.69) is 9.97 Å². The van der Waals surface area contributed by atoms with Crippen LogP contribution in [0.1, 0.15) is 30.3 Å². The summed E-state index contributed by atoms with van der Waals surface area (Å²) in [5.74, 6) is 1.49. The van der Waals surface area contributed by atoms with E-state index >= 15 is 0 Å². The highest BCUT2D eigenvalue weighted by atomic mass is 32.2. The summed E-state index contributed by atoms with van der Waals surface area (Å²) < 4.78 is 0. The van der Waals surface area contributed by atoms with E-state index in [1.54, 1.807) is 23.9 Å². The summed E-state index contributed by atoms with van der Waals surface area (Å²) in [7, 11) is 0. The molecule has 0 amide bonds. The lowest BCUT2D eigenvalue weighted by atomic mass is 10.1. The molecule has 4 nitrogen and oxygen atoms in total. The maximum absolute atomic E-state index is 12.2. The number of aromatic hydroxyl groups is 1. The number of H-pyrrole nitrogens is 1. The van der Waals surface area contributed by atoms with Gasteiger partial charge in [-0.15, -0.1) is 0 Å². The first-order chi connectivity index (χ1) is 9.75. The van der Waals surface area contributed by atoms with E-state index in [1.807, 2.05) is 18.2 Å². The van der Waals surface area contributed by atoms with Gasteiger partial charge < -0.3 is 10.1 Å². The molecule has 2 N–H and O–H groups in total. The Morgan fingerprint density at radius 1 is 1.25 bits per heavy atom. The third-order valence-corrected chi connectivity index (χ3v) is 4.85. The lowest BCUT2D eigenvalue weighted by Gasteiger charge is -2.20. The molecule has 1 aromatic carbocycles. The van der Waals surface area contributed by atoms with Gasteiger partial charge in [0.2, 0.25) is 5.88 Å². The quantitative estimate of drug-likeness (QED) is 0.891. The van der Waals surface area contributed by atoms with Gasteiger partial charge >= 0.3 is 0 Å². The summed E-state index contributed by atoms with van der Waals surface area (Å²) >= 11 is 1.79. The Hall–Kier alpha value is -1.75. The summed E-state index contributed by atoms with van der Waals surface area (Å²) in [6.45, 7) is 0. The molecular formula is C15H16N2O2S. The lowest BCUT2D eigenvalue weighted by Crippen LogP contribution is -2.17. The summed E-state index contributed by atoms with van der Waals surface area (Å²) in [6, 6.07) is 9.12. The maximum atomic E-state index is 12.2. The molecule has 3 rings (SSSR count). The van der Waals surface area contributed by atoms with E-state index in [0.29, 0.717) is 11.4 Å². The molecule has 0 aliphatic carbocycles. The second kappa shape index (κ2) is 5.71. The van der Waals surface area contributed by atoms with E-state index in [1.165, 1.54) is 6.42 Å². The average molecular weight is 288 g/mol. The monoisotopic (exact) mass is 288 g/mol. The highest BCUT2D eigenvalue weighted by Gasteiger charge is 2.21. The van der Waals surface area contributed by atoms with Gasteiger partial charge in [0.15, 0.2) is 0 Å². The van der Waals surface area contributed by atoms with Crippen molar-refractivity contribution in [3.05, 3.63) is 46.5 Å². The minimum absolute atomic E-state index is 0.180. The summed E-state index contributed by atoms with van der Waals surface area (Å²) in [5, 5.41) is 10.3. The molecule has 1 atom stereocenters. The minimum Gasteiger partial charge on any atom is -0.493 e. The number of hydrogen-bond acceptors (Lipinski definition) is 4. The first-order valence-electron chi connectivity index (χ1n) is 6.76. The molecule has 1 unspecified atom stereocenters. The zero-order valence-electron chi connectivity index (χ0n) is 11.0. The molecule has 1 fully saturated rings. The molecule has 0 bridgehead atoms. The first-order valence-corrected chi connectivity index (χ1v) is 7.81. The van der Waals surface area contributed by atoms with Gasteiger partial charge in [-0.05, 0) is 24.2 Å². The molecule has 104 valence electrons. The van der Waals surface area contributed by atoms with Crippen LogP contribution in [0.25, 0.3) is 11.1 Å². The van der Waals surface area contributed by atoms with Gasteiger partial charge in [-0.25, -0.2) is 0 Å². The Labute approximate surface area is 121 Å². The fraction of sp³-hybridized carbons (Fsp3) is 0.333. The van der Waals surface area contributed by atoms with Crippen LogP contribution in [0, 0.1) is 0 Å². The Kier molecular flexibility index (Phi) is 3.78. The molecule has 20 heavy (non-hydrogen) atoms. The Morgan fingerprint density at radius 3 is 2.70 bits per heavy atom. The normalized spacial score (nSPS) is 18.9. The highest BCUT2D eigenvalue weighted by Crippen LogP contribution is 2.37. The van der Waals surface area contributed by atoms with Crippen molar-refractivity contribution >= 4 is 11.8 Å². The molecule has 1 aliphatic rings. The number of aromatic nitrogens is 2. The molecular weight excluding hydrogens is 272 g/mol. The standard InChI is InChI=1S/C15H16N2O2S/c18-14-12(10-6-2-1-3-7-10)15(19)17-13(16-14)11-8-4-5-9-20-11/h1-3,6-7,11H,4-5,8-9H2,(H2,16,17,18,19). The third kappa shape index (κ3) is 2.58. The highest BCUT2D eigenvalue weighted by molar-refractivity contribution is 7.99. The van der Waals surface area contributed by atoms with Gasteiger partial charge in [-0.1, -0.05) is 36.8 Å². The Morgan fingerprint density at radius 2 is 2.05 bits per heavy atom. The van der Waals surface area contributed by atoms with E-state index in [-0.39, 0.29) is 22.3 Å². The average Bonchev–Trinajstić information content (AvgIpc) is 2.48. The molecule has 1 saturated heterocycles. The van der Waals surface area contributed by atoms with Crippen LogP contribution in [0.2, 0.25) is 0 Å². The number of benzene rings is 1. The zero-order valence-corrected chi connectivity index (χ0v) is 11.8. The number of thioether (sulfide) groups is 1. The topological polar surface area (TPSA) is 66.0 Å². The van der Waals surface area contributed by atoms with Gasteiger partial charge in [0.25, 0.3) is 5.56 Å². The number of nitrogens with one attached hydrogen (secondary N) is 1. The second-order valence-electron chi connectivity index (χ2n) is 4.87. The molecule has 0 saturated carbocycles. The fourth-order valence-electron chi connectivity index (χ4n) is 2.45. The van der Waals surface area contributed by atoms with Gasteiger partial charge in [-0.2, -0.15) is 16.7 Å². The van der Waals surface area contributed by atoms with Crippen LogP contribution in [-0.2, 0) is 0 Å². The number of hydrogen-bond donors (Lipinski definition) is 2. The molecule has 1 aromatic heterocycles. The molecule has 5 heteroatoms. The van der Waals surface area contributed by atoms with Crippen LogP contribution in [0.5, 0.6) is 5.88 Å². The smallest absolute Gasteiger partial charge is 0.262 e. The minimum atomic E-state index is -0.273. The number of rotatable bonds is 2. The van der Waals surface area contributed by atoms with Crippen LogP contribution >= 0.6 is 11.8 Å². The van der Waals surface area contributed by atoms with Crippen LogP contribution in [0.15, 0.2) is 35.1 Å². The predicted octanol–water partition coefficient (Wildman–Crippen LogP) is 3.10. The summed E-state index contributed by atoms with van der Waals surface area (Å²) in [4.78, 5) is 19.3. The Bertz CT molecular complexity index is 649. The van der Waals surface area contributed by atoms with Crippen molar-refractivity contribution in [1.82, 2.24) is 9.97 Å². The fourth-order valence-corrected chi connectivity index (χ4v) is 3.71. The van der Waals surface area contributed by atoms with Gasteiger partial charge in [0.1, 0.15) is 11.4 Å². The number of nitrogens with zero attached hydrogens (tertiary/aromatic N) is 1. The molecule has 2 aromatic rings. The van der Waals surface area contributed by atoms with Crippen LogP contribution in [0.4, 0.5) is 0 Å². The van der Waals surface area contributed by atoms with Crippen LogP contribution in [0.3, 0.4) is 0 Å². The third-order valence-electron chi connectivity index (χ3n) is 3.47. The molecule has 1 aliphatic heterocycles. The van der Waals surface area contributed by atoms with Crippen molar-refractivity contribution in [3.63, 3.8) is 0 Å². The molecule has 0 radical (unpaired) electrons. The Balaban J connectivity index is 2.01. The van der Waals surface area contributed by atoms with Gasteiger partial charge in [0.05, 0.1) is 5.25 Å². The van der Waals surface area contributed by atoms with Gasteiger partial charge in [-0.3, -0.25) is 4.79 Å². The zero-order chi connectivity index (χ0) is 13.9. The first kappa shape index (κ1) is 13.2. The van der Waals surface area contributed by atoms with Crippen molar-refractivity contribution in [2.75, 3.05) is 5.75 Å². The van der Waals surface area contributed by atoms with Crippen molar-refractivity contribution in [1.29, 1.82) is 0 Å². The number of aromatic amines is 1. The summed E-state index contributed by atoms with van der Waals surface area (Å²) in [6.07, 6.45) is 3.35. The molecule has 2 heterocycles. The van der Waals surface area contributed by atoms with Crippen molar-refractivity contribution in [2.45, 2.75) is 24.5 Å². The SMILES string of the molecule is O=c1[nH]c(C2CCCCS2)nc(O)c1-c1ccccc1. The van der Waals surface area contributed by atoms with Crippen molar-refractivity contribution in [3.8, 4) is 17.0 Å². The lowest BCUT2D eigenvalue weighted by molar-refractivity contribution is 0.448. The summed E-state index contributed by atoms with van der Waals surface area (Å²) in [5.41, 5.74) is 0.654. The van der Waals surface area contributed by atoms with Crippen LogP contribution < -0.4 is 5.56 Å². The second-order valence-corrected chi connectivity index (χ2v) is 6.18. The van der Waals surface area contributed by atoms with E-state index < -0.39 is 0 Å². The predicted molar refractivity (Wildman–Crippen MR) is 81.0 cm³/mol. The maximum Gasteiger partial charge on any atom is 0.262 e. The van der Waals surface area contributed by atoms with Crippen molar-refractivity contribution in [2.24, 2.45) is 0 Å².